The van der Waals surface area contributed by atoms with Crippen LogP contribution in [0.15, 0.2) is 48.5 Å². The number of benzene rings is 2. The molecule has 8 nitrogen and oxygen atoms in total. The standard InChI is InChI=1S/C22H29N5O3/c1-15(28)24-17-8-10-18(11-9-17)25-22(30)21(29)23-14-20(27(4)5)16-6-12-19(13-7-16)26(2)3/h6-13,20H,14H2,1-5H3,(H,23,29)(H,24,28)(H,25,30)/t20-/m0/s1. The number of carbonyl (C=O) groups is 3. The second-order valence-electron chi connectivity index (χ2n) is 7.39. The van der Waals surface area contributed by atoms with Gasteiger partial charge in [-0.1, -0.05) is 12.1 Å². The summed E-state index contributed by atoms with van der Waals surface area (Å²) in [5.74, 6) is -1.64. The molecule has 8 heteroatoms. The molecule has 0 bridgehead atoms. The molecule has 0 saturated heterocycles. The molecule has 0 aliphatic heterocycles. The molecule has 0 spiro atoms. The van der Waals surface area contributed by atoms with E-state index in [9.17, 15) is 14.4 Å². The van der Waals surface area contributed by atoms with Crippen LogP contribution in [0.4, 0.5) is 17.1 Å². The van der Waals surface area contributed by atoms with Crippen molar-refractivity contribution in [1.29, 1.82) is 0 Å². The molecule has 30 heavy (non-hydrogen) atoms. The van der Waals surface area contributed by atoms with Crippen molar-refractivity contribution in [2.45, 2.75) is 13.0 Å². The van der Waals surface area contributed by atoms with Crippen LogP contribution in [0, 0.1) is 0 Å². The molecule has 3 N–H and O–H groups in total. The van der Waals surface area contributed by atoms with E-state index in [1.807, 2.05) is 62.3 Å². The molecule has 0 aliphatic rings. The Labute approximate surface area is 177 Å². The molecule has 0 aliphatic carbocycles. The van der Waals surface area contributed by atoms with Crippen LogP contribution in [0.5, 0.6) is 0 Å². The molecule has 0 unspecified atom stereocenters. The predicted molar refractivity (Wildman–Crippen MR) is 120 cm³/mol. The van der Waals surface area contributed by atoms with Crippen LogP contribution < -0.4 is 20.9 Å². The molecule has 3 amide bonds. The van der Waals surface area contributed by atoms with Crippen molar-refractivity contribution in [1.82, 2.24) is 10.2 Å². The summed E-state index contributed by atoms with van der Waals surface area (Å²) in [6.45, 7) is 1.71. The maximum Gasteiger partial charge on any atom is 0.313 e. The van der Waals surface area contributed by atoms with Crippen LogP contribution in [0.2, 0.25) is 0 Å². The monoisotopic (exact) mass is 411 g/mol. The first-order valence-electron chi connectivity index (χ1n) is 9.58. The molecule has 0 saturated carbocycles. The molecule has 2 aromatic rings. The van der Waals surface area contributed by atoms with Crippen molar-refractivity contribution in [3.05, 3.63) is 54.1 Å². The van der Waals surface area contributed by atoms with Gasteiger partial charge in [-0.2, -0.15) is 0 Å². The normalized spacial score (nSPS) is 11.5. The molecule has 160 valence electrons. The highest BCUT2D eigenvalue weighted by Gasteiger charge is 2.19. The Morgan fingerprint density at radius 3 is 1.80 bits per heavy atom. The van der Waals surface area contributed by atoms with Crippen molar-refractivity contribution in [3.63, 3.8) is 0 Å². The van der Waals surface area contributed by atoms with E-state index in [0.29, 0.717) is 17.9 Å². The summed E-state index contributed by atoms with van der Waals surface area (Å²) in [5, 5.41) is 7.89. The number of carbonyl (C=O) groups excluding carboxylic acids is 3. The molecule has 0 heterocycles. The van der Waals surface area contributed by atoms with Gasteiger partial charge >= 0.3 is 11.8 Å². The fraction of sp³-hybridized carbons (Fsp3) is 0.318. The zero-order valence-electron chi connectivity index (χ0n) is 18.0. The van der Waals surface area contributed by atoms with Crippen molar-refractivity contribution in [2.24, 2.45) is 0 Å². The van der Waals surface area contributed by atoms with Crippen LogP contribution in [0.3, 0.4) is 0 Å². The topological polar surface area (TPSA) is 93.8 Å². The predicted octanol–water partition coefficient (Wildman–Crippen LogP) is 2.07. The molecule has 0 aromatic heterocycles. The van der Waals surface area contributed by atoms with E-state index in [4.69, 9.17) is 0 Å². The van der Waals surface area contributed by atoms with Gasteiger partial charge < -0.3 is 25.8 Å². The minimum Gasteiger partial charge on any atom is -0.378 e. The SMILES string of the molecule is CC(=O)Nc1ccc(NC(=O)C(=O)NC[C@@H](c2ccc(N(C)C)cc2)N(C)C)cc1. The lowest BCUT2D eigenvalue weighted by molar-refractivity contribution is -0.136. The van der Waals surface area contributed by atoms with Gasteiger partial charge in [-0.05, 0) is 56.1 Å². The summed E-state index contributed by atoms with van der Waals surface area (Å²) >= 11 is 0. The Bertz CT molecular complexity index is 877. The number of rotatable bonds is 7. The summed E-state index contributed by atoms with van der Waals surface area (Å²) < 4.78 is 0. The number of nitrogens with zero attached hydrogens (tertiary/aromatic N) is 2. The number of hydrogen-bond acceptors (Lipinski definition) is 5. The smallest absolute Gasteiger partial charge is 0.313 e. The van der Waals surface area contributed by atoms with Crippen LogP contribution >= 0.6 is 0 Å². The number of hydrogen-bond donors (Lipinski definition) is 3. The third-order valence-electron chi connectivity index (χ3n) is 4.54. The second kappa shape index (κ2) is 10.4. The lowest BCUT2D eigenvalue weighted by Gasteiger charge is -2.25. The van der Waals surface area contributed by atoms with Gasteiger partial charge in [0.1, 0.15) is 0 Å². The van der Waals surface area contributed by atoms with Crippen LogP contribution in [-0.2, 0) is 14.4 Å². The maximum atomic E-state index is 12.3. The first kappa shape index (κ1) is 22.9. The van der Waals surface area contributed by atoms with E-state index < -0.39 is 11.8 Å². The van der Waals surface area contributed by atoms with Crippen molar-refractivity contribution in [2.75, 3.05) is 50.3 Å². The summed E-state index contributed by atoms with van der Waals surface area (Å²) in [6.07, 6.45) is 0. The van der Waals surface area contributed by atoms with E-state index in [0.717, 1.165) is 11.3 Å². The molecular formula is C22H29N5O3. The quantitative estimate of drug-likeness (QED) is 0.607. The molecule has 2 aromatic carbocycles. The van der Waals surface area contributed by atoms with E-state index in [1.54, 1.807) is 24.3 Å². The summed E-state index contributed by atoms with van der Waals surface area (Å²) in [5.41, 5.74) is 3.20. The fourth-order valence-electron chi connectivity index (χ4n) is 2.89. The highest BCUT2D eigenvalue weighted by atomic mass is 16.2. The molecule has 2 rings (SSSR count). The van der Waals surface area contributed by atoms with Gasteiger partial charge in [-0.15, -0.1) is 0 Å². The Hall–Kier alpha value is -3.39. The Morgan fingerprint density at radius 1 is 0.800 bits per heavy atom. The van der Waals surface area contributed by atoms with E-state index in [-0.39, 0.29) is 11.9 Å². The minimum absolute atomic E-state index is 0.0742. The highest BCUT2D eigenvalue weighted by molar-refractivity contribution is 6.39. The Kier molecular flexibility index (Phi) is 7.94. The molecular weight excluding hydrogens is 382 g/mol. The summed E-state index contributed by atoms with van der Waals surface area (Å²) in [4.78, 5) is 39.5. The number of likely N-dealkylation sites (N-methyl/N-ethyl adjacent to an activating group) is 1. The Balaban J connectivity index is 1.94. The van der Waals surface area contributed by atoms with Gasteiger partial charge in [0.25, 0.3) is 0 Å². The van der Waals surface area contributed by atoms with Crippen molar-refractivity contribution < 1.29 is 14.4 Å². The van der Waals surface area contributed by atoms with Gasteiger partial charge in [0.05, 0.1) is 6.04 Å². The number of anilines is 3. The summed E-state index contributed by atoms with van der Waals surface area (Å²) in [6, 6.07) is 14.5. The fourth-order valence-corrected chi connectivity index (χ4v) is 2.89. The van der Waals surface area contributed by atoms with Gasteiger partial charge in [0.2, 0.25) is 5.91 Å². The van der Waals surface area contributed by atoms with Gasteiger partial charge in [-0.25, -0.2) is 0 Å². The van der Waals surface area contributed by atoms with Crippen molar-refractivity contribution in [3.8, 4) is 0 Å². The number of amides is 3. The zero-order valence-corrected chi connectivity index (χ0v) is 18.0. The van der Waals surface area contributed by atoms with E-state index >= 15 is 0 Å². The van der Waals surface area contributed by atoms with E-state index in [1.165, 1.54) is 6.92 Å². The number of nitrogens with one attached hydrogen (secondary N) is 3. The summed E-state index contributed by atoms with van der Waals surface area (Å²) in [7, 11) is 7.80. The largest absolute Gasteiger partial charge is 0.378 e. The van der Waals surface area contributed by atoms with E-state index in [2.05, 4.69) is 16.0 Å². The van der Waals surface area contributed by atoms with Gasteiger partial charge in [0.15, 0.2) is 0 Å². The molecule has 0 fully saturated rings. The first-order valence-corrected chi connectivity index (χ1v) is 9.58. The lowest BCUT2D eigenvalue weighted by atomic mass is 10.1. The zero-order chi connectivity index (χ0) is 22.3. The van der Waals surface area contributed by atoms with Crippen LogP contribution in [-0.4, -0.2) is 57.4 Å². The maximum absolute atomic E-state index is 12.3. The average Bonchev–Trinajstić information content (AvgIpc) is 2.69. The first-order chi connectivity index (χ1) is 14.2. The third kappa shape index (κ3) is 6.59. The minimum atomic E-state index is -0.747. The van der Waals surface area contributed by atoms with Gasteiger partial charge in [-0.3, -0.25) is 14.4 Å². The third-order valence-corrected chi connectivity index (χ3v) is 4.54. The highest BCUT2D eigenvalue weighted by Crippen LogP contribution is 2.21. The molecule has 1 atom stereocenters. The average molecular weight is 412 g/mol. The molecule has 0 radical (unpaired) electrons. The lowest BCUT2D eigenvalue weighted by Crippen LogP contribution is -2.40. The van der Waals surface area contributed by atoms with Crippen LogP contribution in [0.1, 0.15) is 18.5 Å². The van der Waals surface area contributed by atoms with Crippen LogP contribution in [0.25, 0.3) is 0 Å². The van der Waals surface area contributed by atoms with Gasteiger partial charge in [0, 0.05) is 44.6 Å². The van der Waals surface area contributed by atoms with Crippen molar-refractivity contribution >= 4 is 34.8 Å². The second-order valence-corrected chi connectivity index (χ2v) is 7.39. The Morgan fingerprint density at radius 2 is 1.33 bits per heavy atom.